The van der Waals surface area contributed by atoms with Crippen molar-refractivity contribution in [3.05, 3.63) is 30.3 Å². The highest BCUT2D eigenvalue weighted by Gasteiger charge is 2.49. The van der Waals surface area contributed by atoms with Gasteiger partial charge in [0.1, 0.15) is 13.2 Å². The fourth-order valence-corrected chi connectivity index (χ4v) is 6.75. The summed E-state index contributed by atoms with van der Waals surface area (Å²) in [5.74, 6) is -1.70. The summed E-state index contributed by atoms with van der Waals surface area (Å²) in [6, 6.07) is 8.88. The first kappa shape index (κ1) is 17.9. The number of sulfone groups is 1. The number of ether oxygens (including phenoxy) is 1. The quantitative estimate of drug-likeness (QED) is 0.776. The number of thioether (sulfide) groups is 1. The van der Waals surface area contributed by atoms with E-state index in [2.05, 4.69) is 4.99 Å². The summed E-state index contributed by atoms with van der Waals surface area (Å²) in [5, 5.41) is 8.75. The van der Waals surface area contributed by atoms with Crippen molar-refractivity contribution < 1.29 is 27.9 Å². The molecule has 2 heterocycles. The Hall–Kier alpha value is -1.91. The van der Waals surface area contributed by atoms with E-state index in [4.69, 9.17) is 9.84 Å². The molecule has 2 fully saturated rings. The molecule has 0 aliphatic carbocycles. The lowest BCUT2D eigenvalue weighted by atomic mass is 10.2. The van der Waals surface area contributed by atoms with Crippen LogP contribution in [0.3, 0.4) is 0 Å². The number of aliphatic imine (C=N–C) groups is 1. The number of anilines is 1. The lowest BCUT2D eigenvalue weighted by molar-refractivity contribution is -0.143. The molecule has 1 aromatic rings. The number of nitrogens with zero attached hydrogens (tertiary/aromatic N) is 2. The second kappa shape index (κ2) is 7.14. The Morgan fingerprint density at radius 1 is 1.24 bits per heavy atom. The van der Waals surface area contributed by atoms with Gasteiger partial charge in [0.05, 0.1) is 17.5 Å². The number of carboxylic acids is 1. The number of fused-ring (bicyclic) bond motifs is 1. The van der Waals surface area contributed by atoms with Gasteiger partial charge < -0.3 is 14.7 Å². The Balaban J connectivity index is 1.82. The minimum atomic E-state index is -3.11. The van der Waals surface area contributed by atoms with Gasteiger partial charge in [-0.25, -0.2) is 13.2 Å². The third-order valence-corrected chi connectivity index (χ3v) is 6.98. The zero-order valence-electron chi connectivity index (χ0n) is 13.1. The summed E-state index contributed by atoms with van der Waals surface area (Å²) < 4.78 is 28.6. The fraction of sp³-hybridized carbons (Fsp3) is 0.400. The van der Waals surface area contributed by atoms with Gasteiger partial charge in [-0.15, -0.1) is 0 Å². The number of aliphatic carboxylic acids is 1. The van der Waals surface area contributed by atoms with E-state index in [1.54, 1.807) is 4.90 Å². The smallest absolute Gasteiger partial charge is 0.329 e. The van der Waals surface area contributed by atoms with E-state index in [1.165, 1.54) is 11.8 Å². The maximum absolute atomic E-state index is 11.9. The van der Waals surface area contributed by atoms with Gasteiger partial charge in [-0.2, -0.15) is 4.99 Å². The molecule has 0 bridgehead atoms. The van der Waals surface area contributed by atoms with E-state index in [0.717, 1.165) is 5.69 Å². The van der Waals surface area contributed by atoms with Crippen LogP contribution in [0.4, 0.5) is 5.69 Å². The third kappa shape index (κ3) is 4.20. The lowest BCUT2D eigenvalue weighted by Crippen LogP contribution is -2.37. The summed E-state index contributed by atoms with van der Waals surface area (Å²) in [6.07, 6.45) is 0. The Labute approximate surface area is 148 Å². The second-order valence-corrected chi connectivity index (χ2v) is 9.04. The van der Waals surface area contributed by atoms with Gasteiger partial charge in [0.2, 0.25) is 0 Å². The largest absolute Gasteiger partial charge is 0.480 e. The van der Waals surface area contributed by atoms with Crippen molar-refractivity contribution in [3.63, 3.8) is 0 Å². The van der Waals surface area contributed by atoms with Crippen molar-refractivity contribution in [2.45, 2.75) is 11.3 Å². The predicted molar refractivity (Wildman–Crippen MR) is 93.6 cm³/mol. The van der Waals surface area contributed by atoms with Gasteiger partial charge in [0.15, 0.2) is 15.0 Å². The Bertz CT molecular complexity index is 809. The molecule has 25 heavy (non-hydrogen) atoms. The standard InChI is InChI=1S/C15H16N2O6S2/c18-13(6-23-7-14(19)20)16-15-17(10-4-2-1-3-5-10)11-8-25(21,22)9-12(11)24-15/h1-5,11-12H,6-9H2,(H,19,20)/t11-,12-/m1/s1. The molecule has 0 radical (unpaired) electrons. The van der Waals surface area contributed by atoms with Crippen molar-refractivity contribution in [2.24, 2.45) is 4.99 Å². The van der Waals surface area contributed by atoms with Gasteiger partial charge in [-0.3, -0.25) is 4.79 Å². The average molecular weight is 384 g/mol. The monoisotopic (exact) mass is 384 g/mol. The van der Waals surface area contributed by atoms with Gasteiger partial charge >= 0.3 is 5.97 Å². The Kier molecular flexibility index (Phi) is 5.11. The number of carboxylic acid groups (broad SMARTS) is 1. The number of amidine groups is 1. The van der Waals surface area contributed by atoms with Crippen LogP contribution in [0.25, 0.3) is 0 Å². The summed E-state index contributed by atoms with van der Waals surface area (Å²) in [5.41, 5.74) is 0.762. The number of benzene rings is 1. The molecule has 2 aliphatic rings. The first-order valence-corrected chi connectivity index (χ1v) is 10.2. The Morgan fingerprint density at radius 3 is 2.64 bits per heavy atom. The Morgan fingerprint density at radius 2 is 1.96 bits per heavy atom. The molecule has 1 N–H and O–H groups in total. The molecule has 2 saturated heterocycles. The number of rotatable bonds is 5. The van der Waals surface area contributed by atoms with Crippen molar-refractivity contribution in [1.29, 1.82) is 0 Å². The van der Waals surface area contributed by atoms with Gasteiger partial charge in [-0.1, -0.05) is 30.0 Å². The minimum Gasteiger partial charge on any atom is -0.480 e. The van der Waals surface area contributed by atoms with Crippen molar-refractivity contribution >= 4 is 44.3 Å². The lowest BCUT2D eigenvalue weighted by Gasteiger charge is -2.24. The van der Waals surface area contributed by atoms with Crippen LogP contribution in [0, 0.1) is 0 Å². The van der Waals surface area contributed by atoms with E-state index >= 15 is 0 Å². The molecular formula is C15H16N2O6S2. The van der Waals surface area contributed by atoms with Crippen LogP contribution < -0.4 is 4.90 Å². The van der Waals surface area contributed by atoms with E-state index < -0.39 is 34.9 Å². The van der Waals surface area contributed by atoms with Crippen LogP contribution in [-0.2, 0) is 24.2 Å². The minimum absolute atomic E-state index is 0.0162. The van der Waals surface area contributed by atoms with E-state index in [1.807, 2.05) is 30.3 Å². The summed E-state index contributed by atoms with van der Waals surface area (Å²) >= 11 is 1.26. The topological polar surface area (TPSA) is 113 Å². The molecular weight excluding hydrogens is 368 g/mol. The molecule has 0 unspecified atom stereocenters. The number of para-hydroxylation sites is 1. The molecule has 134 valence electrons. The van der Waals surface area contributed by atoms with E-state index in [0.29, 0.717) is 5.17 Å². The maximum Gasteiger partial charge on any atom is 0.329 e. The number of hydrogen-bond acceptors (Lipinski definition) is 6. The predicted octanol–water partition coefficient (Wildman–Crippen LogP) is 0.389. The number of carbonyl (C=O) groups is 2. The molecule has 0 spiro atoms. The second-order valence-electron chi connectivity index (χ2n) is 5.68. The highest BCUT2D eigenvalue weighted by molar-refractivity contribution is 8.16. The van der Waals surface area contributed by atoms with Crippen molar-refractivity contribution in [2.75, 3.05) is 29.6 Å². The van der Waals surface area contributed by atoms with Crippen molar-refractivity contribution in [3.8, 4) is 0 Å². The van der Waals surface area contributed by atoms with Crippen LogP contribution in [0.5, 0.6) is 0 Å². The van der Waals surface area contributed by atoms with Crippen LogP contribution in [0.1, 0.15) is 0 Å². The number of hydrogen-bond donors (Lipinski definition) is 1. The first-order chi connectivity index (χ1) is 11.9. The van der Waals surface area contributed by atoms with Crippen LogP contribution in [0.15, 0.2) is 35.3 Å². The van der Waals surface area contributed by atoms with Gasteiger partial charge in [-0.05, 0) is 12.1 Å². The highest BCUT2D eigenvalue weighted by Crippen LogP contribution is 2.40. The molecule has 3 rings (SSSR count). The van der Waals surface area contributed by atoms with E-state index in [-0.39, 0.29) is 22.8 Å². The molecule has 2 atom stereocenters. The summed E-state index contributed by atoms with van der Waals surface area (Å²) in [6.45, 7) is -1.01. The molecule has 0 aromatic heterocycles. The average Bonchev–Trinajstić information content (AvgIpc) is 2.98. The first-order valence-electron chi connectivity index (χ1n) is 7.48. The molecule has 8 nitrogen and oxygen atoms in total. The zero-order valence-corrected chi connectivity index (χ0v) is 14.7. The van der Waals surface area contributed by atoms with Crippen LogP contribution >= 0.6 is 11.8 Å². The third-order valence-electron chi connectivity index (χ3n) is 3.77. The molecule has 1 amide bonds. The highest BCUT2D eigenvalue weighted by atomic mass is 32.2. The SMILES string of the molecule is O=C(O)COCC(=O)N=C1S[C@@H]2CS(=O)(=O)C[C@H]2N1c1ccccc1. The number of amides is 1. The van der Waals surface area contributed by atoms with Gasteiger partial charge in [0.25, 0.3) is 5.91 Å². The summed E-state index contributed by atoms with van der Waals surface area (Å²) in [7, 11) is -3.11. The zero-order chi connectivity index (χ0) is 18.0. The van der Waals surface area contributed by atoms with Crippen molar-refractivity contribution in [1.82, 2.24) is 0 Å². The number of carbonyl (C=O) groups excluding carboxylic acids is 1. The van der Waals surface area contributed by atoms with Crippen LogP contribution in [0.2, 0.25) is 0 Å². The summed E-state index contributed by atoms with van der Waals surface area (Å²) in [4.78, 5) is 28.1. The van der Waals surface area contributed by atoms with Crippen LogP contribution in [-0.4, -0.2) is 66.6 Å². The maximum atomic E-state index is 11.9. The van der Waals surface area contributed by atoms with Gasteiger partial charge in [0, 0.05) is 10.9 Å². The molecule has 1 aromatic carbocycles. The molecule has 0 saturated carbocycles. The fourth-order valence-electron chi connectivity index (χ4n) is 2.82. The molecule has 10 heteroatoms. The van der Waals surface area contributed by atoms with E-state index in [9.17, 15) is 18.0 Å². The molecule has 2 aliphatic heterocycles. The normalized spacial score (nSPS) is 25.9.